The van der Waals surface area contributed by atoms with Crippen LogP contribution in [0.25, 0.3) is 0 Å². The molecule has 3 N–H and O–H groups in total. The van der Waals surface area contributed by atoms with E-state index in [-0.39, 0.29) is 9.34 Å². The highest BCUT2D eigenvalue weighted by molar-refractivity contribution is 7.98. The van der Waals surface area contributed by atoms with Crippen molar-refractivity contribution < 1.29 is 8.42 Å². The van der Waals surface area contributed by atoms with Gasteiger partial charge in [0.1, 0.15) is 0 Å². The molecule has 0 bridgehead atoms. The van der Waals surface area contributed by atoms with Crippen molar-refractivity contribution in [2.75, 3.05) is 24.3 Å². The van der Waals surface area contributed by atoms with E-state index < -0.39 is 10.0 Å². The first-order valence-corrected chi connectivity index (χ1v) is 9.38. The molecule has 0 spiro atoms. The summed E-state index contributed by atoms with van der Waals surface area (Å²) in [6, 6.07) is 0. The summed E-state index contributed by atoms with van der Waals surface area (Å²) in [6.07, 6.45) is 5.08. The lowest BCUT2D eigenvalue weighted by molar-refractivity contribution is 0.577. The molecule has 0 radical (unpaired) electrons. The highest BCUT2D eigenvalue weighted by atomic mass is 32.2. The quantitative estimate of drug-likeness (QED) is 0.716. The van der Waals surface area contributed by atoms with Crippen molar-refractivity contribution >= 4 is 38.3 Å². The molecule has 0 saturated carbocycles. The normalized spacial score (nSPS) is 11.9. The molecule has 104 valence electrons. The fraction of sp³-hybridized carbons (Fsp3) is 0.700. The van der Waals surface area contributed by atoms with Crippen LogP contribution in [0.2, 0.25) is 0 Å². The molecule has 8 heteroatoms. The fourth-order valence-corrected chi connectivity index (χ4v) is 4.38. The van der Waals surface area contributed by atoms with E-state index in [1.54, 1.807) is 6.92 Å². The summed E-state index contributed by atoms with van der Waals surface area (Å²) < 4.78 is 26.7. The predicted octanol–water partition coefficient (Wildman–Crippen LogP) is 1.85. The number of thiazole rings is 1. The van der Waals surface area contributed by atoms with Gasteiger partial charge in [0.05, 0.1) is 5.69 Å². The number of nitrogens with two attached hydrogens (primary N) is 1. The molecule has 0 aliphatic rings. The summed E-state index contributed by atoms with van der Waals surface area (Å²) in [5, 5.41) is 0.285. The molecule has 5 nitrogen and oxygen atoms in total. The van der Waals surface area contributed by atoms with Crippen LogP contribution < -0.4 is 10.5 Å². The number of thioether (sulfide) groups is 1. The van der Waals surface area contributed by atoms with Crippen LogP contribution in [0.3, 0.4) is 0 Å². The molecule has 0 aliphatic carbocycles. The predicted molar refractivity (Wildman–Crippen MR) is 78.7 cm³/mol. The van der Waals surface area contributed by atoms with Crippen LogP contribution >= 0.6 is 23.1 Å². The average Bonchev–Trinajstić information content (AvgIpc) is 2.63. The van der Waals surface area contributed by atoms with Crippen LogP contribution in [-0.2, 0) is 10.0 Å². The third-order valence-electron chi connectivity index (χ3n) is 2.33. The van der Waals surface area contributed by atoms with Gasteiger partial charge >= 0.3 is 0 Å². The number of nitrogens with zero attached hydrogens (tertiary/aromatic N) is 1. The topological polar surface area (TPSA) is 85.1 Å². The van der Waals surface area contributed by atoms with Gasteiger partial charge in [-0.2, -0.15) is 11.8 Å². The van der Waals surface area contributed by atoms with E-state index in [1.165, 1.54) is 0 Å². The third-order valence-corrected chi connectivity index (χ3v) is 6.09. The number of anilines is 1. The standard InChI is InChI=1S/C10H19N3O2S3/c1-8-9(17-10(11)13-8)18(14,15)12-6-4-3-5-7-16-2/h12H,3-7H2,1-2H3,(H2,11,13). The van der Waals surface area contributed by atoms with Gasteiger partial charge < -0.3 is 5.73 Å². The minimum absolute atomic E-state index is 0.226. The van der Waals surface area contributed by atoms with Gasteiger partial charge in [-0.1, -0.05) is 17.8 Å². The monoisotopic (exact) mass is 309 g/mol. The Bertz CT molecular complexity index is 471. The molecule has 0 fully saturated rings. The molecule has 1 aromatic rings. The van der Waals surface area contributed by atoms with Gasteiger partial charge in [-0.3, -0.25) is 0 Å². The average molecular weight is 309 g/mol. The van der Waals surface area contributed by atoms with Crippen LogP contribution in [0, 0.1) is 6.92 Å². The maximum Gasteiger partial charge on any atom is 0.252 e. The summed E-state index contributed by atoms with van der Waals surface area (Å²) in [4.78, 5) is 3.92. The number of unbranched alkanes of at least 4 members (excludes halogenated alkanes) is 2. The minimum atomic E-state index is -3.44. The lowest BCUT2D eigenvalue weighted by atomic mass is 10.2. The highest BCUT2D eigenvalue weighted by Crippen LogP contribution is 2.24. The number of hydrogen-bond donors (Lipinski definition) is 2. The summed E-state index contributed by atoms with van der Waals surface area (Å²) >= 11 is 2.81. The van der Waals surface area contributed by atoms with Gasteiger partial charge in [0.2, 0.25) is 0 Å². The second-order valence-corrected chi connectivity index (χ2v) is 7.85. The molecule has 1 heterocycles. The highest BCUT2D eigenvalue weighted by Gasteiger charge is 2.20. The Labute approximate surface area is 117 Å². The number of rotatable bonds is 8. The summed E-state index contributed by atoms with van der Waals surface area (Å²) in [6.45, 7) is 2.12. The van der Waals surface area contributed by atoms with Gasteiger partial charge in [0.15, 0.2) is 9.34 Å². The van der Waals surface area contributed by atoms with Gasteiger partial charge in [0.25, 0.3) is 10.0 Å². The number of sulfonamides is 1. The van der Waals surface area contributed by atoms with Gasteiger partial charge in [0, 0.05) is 6.54 Å². The van der Waals surface area contributed by atoms with Crippen LogP contribution in [0.4, 0.5) is 5.13 Å². The fourth-order valence-electron chi connectivity index (χ4n) is 1.47. The van der Waals surface area contributed by atoms with E-state index in [9.17, 15) is 8.42 Å². The van der Waals surface area contributed by atoms with Crippen molar-refractivity contribution in [1.82, 2.24) is 9.71 Å². The lowest BCUT2D eigenvalue weighted by Crippen LogP contribution is -2.24. The molecule has 0 saturated heterocycles. The molecule has 0 atom stereocenters. The minimum Gasteiger partial charge on any atom is -0.375 e. The number of aryl methyl sites for hydroxylation is 1. The van der Waals surface area contributed by atoms with Gasteiger partial charge in [-0.05, 0) is 31.8 Å². The zero-order chi connectivity index (χ0) is 13.6. The van der Waals surface area contributed by atoms with Crippen molar-refractivity contribution in [3.05, 3.63) is 5.69 Å². The Morgan fingerprint density at radius 1 is 1.39 bits per heavy atom. The SMILES string of the molecule is CSCCCCCNS(=O)(=O)c1sc(N)nc1C. The second-order valence-electron chi connectivity index (χ2n) is 3.88. The van der Waals surface area contributed by atoms with E-state index >= 15 is 0 Å². The molecule has 0 unspecified atom stereocenters. The molecule has 0 aliphatic heterocycles. The van der Waals surface area contributed by atoms with E-state index in [4.69, 9.17) is 5.73 Å². The van der Waals surface area contributed by atoms with E-state index in [1.807, 2.05) is 11.8 Å². The van der Waals surface area contributed by atoms with Crippen LogP contribution in [-0.4, -0.2) is 32.0 Å². The first-order valence-electron chi connectivity index (χ1n) is 5.69. The largest absolute Gasteiger partial charge is 0.375 e. The molecule has 1 rings (SSSR count). The Morgan fingerprint density at radius 3 is 2.67 bits per heavy atom. The summed E-state index contributed by atoms with van der Waals surface area (Å²) in [5.74, 6) is 1.12. The Balaban J connectivity index is 2.43. The Morgan fingerprint density at radius 2 is 2.11 bits per heavy atom. The van der Waals surface area contributed by atoms with Gasteiger partial charge in [-0.15, -0.1) is 0 Å². The first kappa shape index (κ1) is 15.7. The Hall–Kier alpha value is -0.310. The van der Waals surface area contributed by atoms with Crippen molar-refractivity contribution in [2.24, 2.45) is 0 Å². The van der Waals surface area contributed by atoms with Crippen molar-refractivity contribution in [1.29, 1.82) is 0 Å². The zero-order valence-corrected chi connectivity index (χ0v) is 13.1. The second kappa shape index (κ2) is 7.32. The number of nitrogens with one attached hydrogen (secondary N) is 1. The molecule has 0 aromatic carbocycles. The van der Waals surface area contributed by atoms with E-state index in [2.05, 4.69) is 16.0 Å². The zero-order valence-electron chi connectivity index (χ0n) is 10.6. The van der Waals surface area contributed by atoms with E-state index in [0.717, 1.165) is 36.4 Å². The molecule has 1 aromatic heterocycles. The van der Waals surface area contributed by atoms with Gasteiger partial charge in [-0.25, -0.2) is 18.1 Å². The van der Waals surface area contributed by atoms with Crippen molar-refractivity contribution in [2.45, 2.75) is 30.4 Å². The molecule has 0 amide bonds. The lowest BCUT2D eigenvalue weighted by Gasteiger charge is -2.04. The third kappa shape index (κ3) is 4.75. The molecular formula is C10H19N3O2S3. The summed E-state index contributed by atoms with van der Waals surface area (Å²) in [7, 11) is -3.44. The van der Waals surface area contributed by atoms with Crippen molar-refractivity contribution in [3.63, 3.8) is 0 Å². The number of nitrogen functional groups attached to an aromatic ring is 1. The van der Waals surface area contributed by atoms with Crippen LogP contribution in [0.1, 0.15) is 25.0 Å². The maximum absolute atomic E-state index is 12.0. The summed E-state index contributed by atoms with van der Waals surface area (Å²) in [5.41, 5.74) is 5.96. The first-order chi connectivity index (χ1) is 8.47. The smallest absolute Gasteiger partial charge is 0.252 e. The van der Waals surface area contributed by atoms with E-state index in [0.29, 0.717) is 12.2 Å². The molecule has 18 heavy (non-hydrogen) atoms. The number of hydrogen-bond acceptors (Lipinski definition) is 6. The van der Waals surface area contributed by atoms with Crippen molar-refractivity contribution in [3.8, 4) is 0 Å². The number of aromatic nitrogens is 1. The van der Waals surface area contributed by atoms with Crippen LogP contribution in [0.5, 0.6) is 0 Å². The van der Waals surface area contributed by atoms with Crippen LogP contribution in [0.15, 0.2) is 4.21 Å². The Kier molecular flexibility index (Phi) is 6.40. The maximum atomic E-state index is 12.0. The molecular weight excluding hydrogens is 290 g/mol.